The lowest BCUT2D eigenvalue weighted by Crippen LogP contribution is -2.19. The molecule has 0 saturated carbocycles. The first-order valence-corrected chi connectivity index (χ1v) is 7.31. The number of rotatable bonds is 9. The fourth-order valence-corrected chi connectivity index (χ4v) is 2.17. The molecule has 0 aliphatic carbocycles. The van der Waals surface area contributed by atoms with E-state index in [4.69, 9.17) is 32.7 Å². The molecule has 20 heavy (non-hydrogen) atoms. The van der Waals surface area contributed by atoms with Gasteiger partial charge in [0.1, 0.15) is 12.4 Å². The molecule has 0 atom stereocenters. The van der Waals surface area contributed by atoms with Crippen LogP contribution in [0.15, 0.2) is 24.3 Å². The van der Waals surface area contributed by atoms with Gasteiger partial charge >= 0.3 is 0 Å². The maximum absolute atomic E-state index is 6.21. The Bertz CT molecular complexity index is 450. The number of hydrogen-bond acceptors (Lipinski definition) is 3. The zero-order chi connectivity index (χ0) is 15.0. The predicted octanol–water partition coefficient (Wildman–Crippen LogP) is 4.07. The average Bonchev–Trinajstić information content (AvgIpc) is 2.42. The van der Waals surface area contributed by atoms with Crippen LogP contribution in [0, 0.1) is 0 Å². The molecule has 0 saturated heterocycles. The largest absolute Gasteiger partial charge is 0.487 e. The van der Waals surface area contributed by atoms with Crippen molar-refractivity contribution in [2.75, 3.05) is 26.9 Å². The van der Waals surface area contributed by atoms with E-state index in [1.807, 2.05) is 13.0 Å². The van der Waals surface area contributed by atoms with Crippen molar-refractivity contribution < 1.29 is 9.47 Å². The third-order valence-electron chi connectivity index (χ3n) is 2.80. The van der Waals surface area contributed by atoms with Crippen LogP contribution in [-0.4, -0.2) is 26.9 Å². The Balaban J connectivity index is 2.76. The molecule has 0 spiro atoms. The van der Waals surface area contributed by atoms with Crippen LogP contribution in [0.25, 0.3) is 0 Å². The van der Waals surface area contributed by atoms with Gasteiger partial charge in [-0.15, -0.1) is 0 Å². The van der Waals surface area contributed by atoms with Crippen molar-refractivity contribution in [3.63, 3.8) is 0 Å². The van der Waals surface area contributed by atoms with Crippen LogP contribution < -0.4 is 10.1 Å². The highest BCUT2D eigenvalue weighted by atomic mass is 35.5. The van der Waals surface area contributed by atoms with Gasteiger partial charge in [-0.25, -0.2) is 0 Å². The Hall–Kier alpha value is -0.740. The molecule has 0 aliphatic rings. The first kappa shape index (κ1) is 17.3. The highest BCUT2D eigenvalue weighted by Crippen LogP contribution is 2.32. The smallest absolute Gasteiger partial charge is 0.142 e. The Morgan fingerprint density at radius 2 is 2.10 bits per heavy atom. The summed E-state index contributed by atoms with van der Waals surface area (Å²) in [7, 11) is 1.67. The topological polar surface area (TPSA) is 30.5 Å². The summed E-state index contributed by atoms with van der Waals surface area (Å²) in [5, 5.41) is 4.37. The molecule has 0 unspecified atom stereocenters. The van der Waals surface area contributed by atoms with E-state index in [-0.39, 0.29) is 0 Å². The van der Waals surface area contributed by atoms with E-state index in [1.54, 1.807) is 13.2 Å². The van der Waals surface area contributed by atoms with Gasteiger partial charge in [-0.3, -0.25) is 0 Å². The van der Waals surface area contributed by atoms with E-state index in [1.165, 1.54) is 0 Å². The maximum Gasteiger partial charge on any atom is 0.142 e. The normalized spacial score (nSPS) is 10.6. The molecule has 1 aromatic rings. The molecule has 0 amide bonds. The van der Waals surface area contributed by atoms with Crippen molar-refractivity contribution in [2.45, 2.75) is 19.9 Å². The summed E-state index contributed by atoms with van der Waals surface area (Å²) in [5.74, 6) is 0.663. The van der Waals surface area contributed by atoms with Crippen LogP contribution in [0.3, 0.4) is 0 Å². The standard InChI is InChI=1S/C15H21Cl2NO2/c1-4-11(2)10-20-15-12(9-18-5-6-19-3)7-13(16)8-14(15)17/h7-8,18H,2,4-6,9-10H2,1,3H3. The van der Waals surface area contributed by atoms with Gasteiger partial charge in [0.15, 0.2) is 0 Å². The molecule has 0 heterocycles. The second-order valence-corrected chi connectivity index (χ2v) is 5.28. The first-order chi connectivity index (χ1) is 9.58. The van der Waals surface area contributed by atoms with E-state index in [0.29, 0.717) is 35.6 Å². The molecule has 3 nitrogen and oxygen atoms in total. The second-order valence-electron chi connectivity index (χ2n) is 4.44. The average molecular weight is 318 g/mol. The zero-order valence-electron chi connectivity index (χ0n) is 12.0. The summed E-state index contributed by atoms with van der Waals surface area (Å²) in [4.78, 5) is 0. The monoisotopic (exact) mass is 317 g/mol. The molecule has 5 heteroatoms. The van der Waals surface area contributed by atoms with Gasteiger partial charge in [0.25, 0.3) is 0 Å². The first-order valence-electron chi connectivity index (χ1n) is 6.55. The SMILES string of the molecule is C=C(CC)COc1c(Cl)cc(Cl)cc1CNCCOC. The third kappa shape index (κ3) is 5.71. The maximum atomic E-state index is 6.21. The van der Waals surface area contributed by atoms with E-state index >= 15 is 0 Å². The molecule has 1 aromatic carbocycles. The van der Waals surface area contributed by atoms with Crippen LogP contribution in [0.5, 0.6) is 5.75 Å². The molecule has 0 radical (unpaired) electrons. The van der Waals surface area contributed by atoms with Gasteiger partial charge in [-0.2, -0.15) is 0 Å². The summed E-state index contributed by atoms with van der Waals surface area (Å²) in [5.41, 5.74) is 1.96. The van der Waals surface area contributed by atoms with E-state index in [2.05, 4.69) is 11.9 Å². The molecule has 0 fully saturated rings. The van der Waals surface area contributed by atoms with Crippen molar-refractivity contribution in [1.29, 1.82) is 0 Å². The number of nitrogens with one attached hydrogen (secondary N) is 1. The lowest BCUT2D eigenvalue weighted by atomic mass is 10.2. The number of ether oxygens (including phenoxy) is 2. The lowest BCUT2D eigenvalue weighted by Gasteiger charge is -2.15. The minimum absolute atomic E-state index is 0.461. The molecule has 1 N–H and O–H groups in total. The quantitative estimate of drug-likeness (QED) is 0.550. The summed E-state index contributed by atoms with van der Waals surface area (Å²) >= 11 is 12.3. The van der Waals surface area contributed by atoms with Gasteiger partial charge < -0.3 is 14.8 Å². The van der Waals surface area contributed by atoms with Crippen LogP contribution in [0.2, 0.25) is 10.0 Å². The van der Waals surface area contributed by atoms with Crippen LogP contribution >= 0.6 is 23.2 Å². The molecule has 0 aliphatic heterocycles. The van der Waals surface area contributed by atoms with E-state index in [9.17, 15) is 0 Å². The summed E-state index contributed by atoms with van der Waals surface area (Å²) in [6, 6.07) is 3.54. The van der Waals surface area contributed by atoms with Gasteiger partial charge in [0.2, 0.25) is 0 Å². The summed E-state index contributed by atoms with van der Waals surface area (Å²) < 4.78 is 10.8. The number of benzene rings is 1. The van der Waals surface area contributed by atoms with Crippen LogP contribution in [-0.2, 0) is 11.3 Å². The second kappa shape index (κ2) is 9.24. The summed E-state index contributed by atoms with van der Waals surface area (Å²) in [6.07, 6.45) is 0.882. The Morgan fingerprint density at radius 1 is 1.35 bits per heavy atom. The Kier molecular flexibility index (Phi) is 8.00. The van der Waals surface area contributed by atoms with Crippen molar-refractivity contribution >= 4 is 23.2 Å². The van der Waals surface area contributed by atoms with Gasteiger partial charge in [-0.05, 0) is 24.1 Å². The number of methoxy groups -OCH3 is 1. The minimum Gasteiger partial charge on any atom is -0.487 e. The van der Waals surface area contributed by atoms with Crippen LogP contribution in [0.4, 0.5) is 0 Å². The van der Waals surface area contributed by atoms with Crippen molar-refractivity contribution in [1.82, 2.24) is 5.32 Å². The molecular formula is C15H21Cl2NO2. The molecular weight excluding hydrogens is 297 g/mol. The fourth-order valence-electron chi connectivity index (χ4n) is 1.58. The molecule has 0 bridgehead atoms. The molecule has 1 rings (SSSR count). The van der Waals surface area contributed by atoms with Crippen molar-refractivity contribution in [3.05, 3.63) is 39.9 Å². The van der Waals surface area contributed by atoms with Gasteiger partial charge in [0.05, 0.1) is 11.6 Å². The lowest BCUT2D eigenvalue weighted by molar-refractivity contribution is 0.199. The van der Waals surface area contributed by atoms with Crippen molar-refractivity contribution in [3.8, 4) is 5.75 Å². The summed E-state index contributed by atoms with van der Waals surface area (Å²) in [6.45, 7) is 8.45. The third-order valence-corrected chi connectivity index (χ3v) is 3.30. The number of hydrogen-bond donors (Lipinski definition) is 1. The van der Waals surface area contributed by atoms with Gasteiger partial charge in [0, 0.05) is 30.8 Å². The fraction of sp³-hybridized carbons (Fsp3) is 0.467. The minimum atomic E-state index is 0.461. The number of halogens is 2. The highest BCUT2D eigenvalue weighted by Gasteiger charge is 2.11. The highest BCUT2D eigenvalue weighted by molar-refractivity contribution is 6.35. The molecule has 0 aromatic heterocycles. The van der Waals surface area contributed by atoms with Crippen molar-refractivity contribution in [2.24, 2.45) is 0 Å². The van der Waals surface area contributed by atoms with Gasteiger partial charge in [-0.1, -0.05) is 36.7 Å². The zero-order valence-corrected chi connectivity index (χ0v) is 13.5. The Morgan fingerprint density at radius 3 is 2.75 bits per heavy atom. The predicted molar refractivity (Wildman–Crippen MR) is 85.0 cm³/mol. The van der Waals surface area contributed by atoms with Crippen LogP contribution in [0.1, 0.15) is 18.9 Å². The van der Waals surface area contributed by atoms with E-state index in [0.717, 1.165) is 24.1 Å². The Labute approximate surface area is 130 Å². The molecule has 112 valence electrons. The van der Waals surface area contributed by atoms with E-state index < -0.39 is 0 Å².